The van der Waals surface area contributed by atoms with Crippen molar-refractivity contribution < 1.29 is 9.84 Å². The molecule has 0 radical (unpaired) electrons. The van der Waals surface area contributed by atoms with Gasteiger partial charge in [-0.15, -0.1) is 0 Å². The maximum atomic E-state index is 8.69. The number of hydrogen-bond acceptors (Lipinski definition) is 3. The van der Waals surface area contributed by atoms with E-state index in [0.717, 1.165) is 5.75 Å². The Kier molecular flexibility index (Phi) is 5.15. The smallest absolute Gasteiger partial charge is 0.119 e. The third-order valence-corrected chi connectivity index (χ3v) is 2.25. The van der Waals surface area contributed by atoms with Crippen LogP contribution in [0.25, 0.3) is 0 Å². The second kappa shape index (κ2) is 6.43. The van der Waals surface area contributed by atoms with Crippen LogP contribution < -0.4 is 10.1 Å². The Hall–Kier alpha value is -1.06. The van der Waals surface area contributed by atoms with Gasteiger partial charge in [-0.1, -0.05) is 12.1 Å². The molecule has 0 bridgehead atoms. The van der Waals surface area contributed by atoms with E-state index in [1.807, 2.05) is 31.2 Å². The number of nitrogens with one attached hydrogen (secondary N) is 1. The highest BCUT2D eigenvalue weighted by molar-refractivity contribution is 5.28. The van der Waals surface area contributed by atoms with Crippen LogP contribution in [-0.2, 0) is 0 Å². The molecular formula is C12H19NO2. The highest BCUT2D eigenvalue weighted by Crippen LogP contribution is 2.17. The van der Waals surface area contributed by atoms with Crippen LogP contribution in [0.4, 0.5) is 0 Å². The molecule has 3 nitrogen and oxygen atoms in total. The summed E-state index contributed by atoms with van der Waals surface area (Å²) in [6.45, 7) is 5.53. The minimum absolute atomic E-state index is 0.168. The molecule has 0 aliphatic carbocycles. The summed E-state index contributed by atoms with van der Waals surface area (Å²) >= 11 is 0. The van der Waals surface area contributed by atoms with Crippen molar-refractivity contribution in [2.24, 2.45) is 0 Å². The van der Waals surface area contributed by atoms with Crippen LogP contribution in [0.2, 0.25) is 0 Å². The lowest BCUT2D eigenvalue weighted by atomic mass is 10.1. The van der Waals surface area contributed by atoms with Crippen molar-refractivity contribution in [3.8, 4) is 5.75 Å². The van der Waals surface area contributed by atoms with Crippen molar-refractivity contribution in [3.63, 3.8) is 0 Å². The first kappa shape index (κ1) is 12.0. The molecule has 0 saturated heterocycles. The summed E-state index contributed by atoms with van der Waals surface area (Å²) in [7, 11) is 0. The van der Waals surface area contributed by atoms with Gasteiger partial charge in [0.1, 0.15) is 5.75 Å². The number of hydrogen-bond donors (Lipinski definition) is 2. The van der Waals surface area contributed by atoms with Crippen molar-refractivity contribution in [2.75, 3.05) is 19.8 Å². The second-order valence-corrected chi connectivity index (χ2v) is 3.40. The number of ether oxygens (including phenoxy) is 1. The Morgan fingerprint density at radius 3 is 2.53 bits per heavy atom. The van der Waals surface area contributed by atoms with Crippen molar-refractivity contribution in [2.45, 2.75) is 19.9 Å². The van der Waals surface area contributed by atoms with Crippen LogP contribution in [0.5, 0.6) is 5.75 Å². The number of rotatable bonds is 6. The fraction of sp³-hybridized carbons (Fsp3) is 0.500. The van der Waals surface area contributed by atoms with Crippen molar-refractivity contribution in [1.29, 1.82) is 0 Å². The van der Waals surface area contributed by atoms with E-state index in [2.05, 4.69) is 12.2 Å². The Labute approximate surface area is 91.1 Å². The van der Waals surface area contributed by atoms with Gasteiger partial charge in [-0.05, 0) is 31.5 Å². The van der Waals surface area contributed by atoms with Gasteiger partial charge in [0.2, 0.25) is 0 Å². The molecule has 15 heavy (non-hydrogen) atoms. The van der Waals surface area contributed by atoms with Crippen LogP contribution in [0, 0.1) is 0 Å². The van der Waals surface area contributed by atoms with Crippen LogP contribution in [0.3, 0.4) is 0 Å². The van der Waals surface area contributed by atoms with Gasteiger partial charge >= 0.3 is 0 Å². The van der Waals surface area contributed by atoms with Gasteiger partial charge in [0.05, 0.1) is 13.2 Å². The molecule has 1 rings (SSSR count). The predicted molar refractivity (Wildman–Crippen MR) is 61.1 cm³/mol. The maximum absolute atomic E-state index is 8.69. The van der Waals surface area contributed by atoms with E-state index < -0.39 is 0 Å². The van der Waals surface area contributed by atoms with E-state index in [1.165, 1.54) is 5.56 Å². The quantitative estimate of drug-likeness (QED) is 0.749. The van der Waals surface area contributed by atoms with Gasteiger partial charge in [-0.25, -0.2) is 0 Å². The maximum Gasteiger partial charge on any atom is 0.119 e. The fourth-order valence-corrected chi connectivity index (χ4v) is 1.42. The van der Waals surface area contributed by atoms with Gasteiger partial charge in [0.15, 0.2) is 0 Å². The lowest BCUT2D eigenvalue weighted by Crippen LogP contribution is -2.21. The average molecular weight is 209 g/mol. The molecule has 2 N–H and O–H groups in total. The molecule has 0 heterocycles. The molecular weight excluding hydrogens is 190 g/mol. The van der Waals surface area contributed by atoms with Gasteiger partial charge in [0, 0.05) is 12.6 Å². The minimum Gasteiger partial charge on any atom is -0.494 e. The summed E-state index contributed by atoms with van der Waals surface area (Å²) in [5, 5.41) is 11.9. The van der Waals surface area contributed by atoms with E-state index in [1.54, 1.807) is 0 Å². The van der Waals surface area contributed by atoms with Crippen LogP contribution in [0.15, 0.2) is 24.3 Å². The van der Waals surface area contributed by atoms with E-state index >= 15 is 0 Å². The Balaban J connectivity index is 2.54. The first-order valence-corrected chi connectivity index (χ1v) is 5.35. The molecule has 0 aliphatic heterocycles. The van der Waals surface area contributed by atoms with E-state index in [4.69, 9.17) is 9.84 Å². The van der Waals surface area contributed by atoms with Gasteiger partial charge < -0.3 is 15.2 Å². The molecule has 0 unspecified atom stereocenters. The zero-order valence-electron chi connectivity index (χ0n) is 9.36. The van der Waals surface area contributed by atoms with Crippen LogP contribution >= 0.6 is 0 Å². The number of benzene rings is 1. The van der Waals surface area contributed by atoms with Crippen LogP contribution in [-0.4, -0.2) is 24.9 Å². The first-order chi connectivity index (χ1) is 7.27. The van der Waals surface area contributed by atoms with Crippen molar-refractivity contribution >= 4 is 0 Å². The standard InChI is InChI=1S/C12H19NO2/c1-3-15-12-6-4-11(5-7-12)10(2)13-8-9-14/h4-7,10,13-14H,3,8-9H2,1-2H3/t10-/m1/s1. The lowest BCUT2D eigenvalue weighted by molar-refractivity contribution is 0.286. The summed E-state index contributed by atoms with van der Waals surface area (Å²) in [4.78, 5) is 0. The van der Waals surface area contributed by atoms with Crippen molar-refractivity contribution in [3.05, 3.63) is 29.8 Å². The highest BCUT2D eigenvalue weighted by atomic mass is 16.5. The predicted octanol–water partition coefficient (Wildman–Crippen LogP) is 1.73. The second-order valence-electron chi connectivity index (χ2n) is 3.40. The molecule has 1 atom stereocenters. The Morgan fingerprint density at radius 2 is 2.00 bits per heavy atom. The van der Waals surface area contributed by atoms with E-state index in [9.17, 15) is 0 Å². The van der Waals surface area contributed by atoms with Gasteiger partial charge in [-0.3, -0.25) is 0 Å². The SMILES string of the molecule is CCOc1ccc([C@@H](C)NCCO)cc1. The van der Waals surface area contributed by atoms with Crippen molar-refractivity contribution in [1.82, 2.24) is 5.32 Å². The Morgan fingerprint density at radius 1 is 1.33 bits per heavy atom. The zero-order chi connectivity index (χ0) is 11.1. The first-order valence-electron chi connectivity index (χ1n) is 5.35. The lowest BCUT2D eigenvalue weighted by Gasteiger charge is -2.13. The number of aliphatic hydroxyl groups excluding tert-OH is 1. The summed E-state index contributed by atoms with van der Waals surface area (Å²) in [6, 6.07) is 8.28. The molecule has 3 heteroatoms. The van der Waals surface area contributed by atoms with Gasteiger partial charge in [-0.2, -0.15) is 0 Å². The summed E-state index contributed by atoms with van der Waals surface area (Å²) in [5.41, 5.74) is 1.20. The summed E-state index contributed by atoms with van der Waals surface area (Å²) in [6.07, 6.45) is 0. The zero-order valence-corrected chi connectivity index (χ0v) is 9.36. The normalized spacial score (nSPS) is 12.5. The molecule has 0 saturated carbocycles. The molecule has 0 aromatic heterocycles. The Bertz CT molecular complexity index is 271. The highest BCUT2D eigenvalue weighted by Gasteiger charge is 2.03. The molecule has 0 spiro atoms. The molecule has 0 amide bonds. The average Bonchev–Trinajstić information content (AvgIpc) is 2.27. The third kappa shape index (κ3) is 3.90. The monoisotopic (exact) mass is 209 g/mol. The van der Waals surface area contributed by atoms with Gasteiger partial charge in [0.25, 0.3) is 0 Å². The fourth-order valence-electron chi connectivity index (χ4n) is 1.42. The number of aliphatic hydroxyl groups is 1. The van der Waals surface area contributed by atoms with Crippen LogP contribution in [0.1, 0.15) is 25.5 Å². The van der Waals surface area contributed by atoms with E-state index in [-0.39, 0.29) is 12.6 Å². The molecule has 0 fully saturated rings. The molecule has 0 aliphatic rings. The largest absolute Gasteiger partial charge is 0.494 e. The summed E-state index contributed by atoms with van der Waals surface area (Å²) < 4.78 is 5.36. The molecule has 84 valence electrons. The topological polar surface area (TPSA) is 41.5 Å². The van der Waals surface area contributed by atoms with E-state index in [0.29, 0.717) is 13.2 Å². The minimum atomic E-state index is 0.168. The molecule has 1 aromatic rings. The third-order valence-electron chi connectivity index (χ3n) is 2.25. The summed E-state index contributed by atoms with van der Waals surface area (Å²) in [5.74, 6) is 0.899. The molecule has 1 aromatic carbocycles.